The van der Waals surface area contributed by atoms with Crippen LogP contribution in [0.4, 0.5) is 5.13 Å². The Bertz CT molecular complexity index is 965. The number of carbonyl (C=O) groups excluding carboxylic acids is 2. The Kier molecular flexibility index (Phi) is 5.67. The molecule has 5 rings (SSSR count). The number of ketones is 1. The van der Waals surface area contributed by atoms with Gasteiger partial charge in [0.05, 0.1) is 5.92 Å². The van der Waals surface area contributed by atoms with E-state index in [0.717, 1.165) is 17.2 Å². The smallest absolute Gasteiger partial charge is 0.233 e. The second-order valence-electron chi connectivity index (χ2n) is 8.96. The summed E-state index contributed by atoms with van der Waals surface area (Å²) in [7, 11) is 0. The standard InChI is InChI=1S/C23H27N3O2S2/c1-13-24-23(30-26-13)25-22(28)20(11-14-2-6-17(27)10-14)16-5-9-21(29-18-7-8-18)19(12-16)15-3-4-15/h5,9,12,14-15,18,20H,2-4,6-8,10-11H2,1H3,(H,24,25,26,28)/t14-,20+/m0/s1. The highest BCUT2D eigenvalue weighted by Gasteiger charge is 2.33. The average Bonchev–Trinajstić information content (AvgIpc) is 3.64. The van der Waals surface area contributed by atoms with Gasteiger partial charge in [-0.1, -0.05) is 12.1 Å². The number of rotatable bonds is 8. The van der Waals surface area contributed by atoms with Crippen molar-refractivity contribution in [1.82, 2.24) is 9.36 Å². The van der Waals surface area contributed by atoms with Gasteiger partial charge < -0.3 is 5.32 Å². The lowest BCUT2D eigenvalue weighted by molar-refractivity contribution is -0.119. The van der Waals surface area contributed by atoms with Crippen molar-refractivity contribution in [2.24, 2.45) is 5.92 Å². The van der Waals surface area contributed by atoms with Crippen LogP contribution in [-0.4, -0.2) is 26.3 Å². The molecule has 158 valence electrons. The first-order chi connectivity index (χ1) is 14.5. The van der Waals surface area contributed by atoms with E-state index in [1.807, 2.05) is 18.7 Å². The van der Waals surface area contributed by atoms with Crippen LogP contribution in [0.25, 0.3) is 0 Å². The summed E-state index contributed by atoms with van der Waals surface area (Å²) in [5.41, 5.74) is 2.51. The topological polar surface area (TPSA) is 72.0 Å². The zero-order valence-electron chi connectivity index (χ0n) is 17.2. The van der Waals surface area contributed by atoms with Crippen molar-refractivity contribution in [2.75, 3.05) is 5.32 Å². The highest BCUT2D eigenvalue weighted by Crippen LogP contribution is 2.49. The first kappa shape index (κ1) is 20.2. The lowest BCUT2D eigenvalue weighted by Crippen LogP contribution is -2.23. The molecule has 0 aliphatic heterocycles. The number of thioether (sulfide) groups is 1. The molecule has 2 aromatic rings. The largest absolute Gasteiger partial charge is 0.300 e. The Balaban J connectivity index is 1.41. The molecule has 1 amide bonds. The van der Waals surface area contributed by atoms with Crippen molar-refractivity contribution in [1.29, 1.82) is 0 Å². The van der Waals surface area contributed by atoms with E-state index in [9.17, 15) is 9.59 Å². The number of amides is 1. The predicted molar refractivity (Wildman–Crippen MR) is 120 cm³/mol. The molecule has 3 fully saturated rings. The summed E-state index contributed by atoms with van der Waals surface area (Å²) in [4.78, 5) is 30.8. The van der Waals surface area contributed by atoms with Gasteiger partial charge in [-0.2, -0.15) is 4.37 Å². The maximum Gasteiger partial charge on any atom is 0.233 e. The van der Waals surface area contributed by atoms with E-state index < -0.39 is 0 Å². The molecular weight excluding hydrogens is 414 g/mol. The van der Waals surface area contributed by atoms with Crippen LogP contribution in [0.3, 0.4) is 0 Å². The average molecular weight is 442 g/mol. The molecule has 3 saturated carbocycles. The van der Waals surface area contributed by atoms with Gasteiger partial charge in [-0.15, -0.1) is 11.8 Å². The van der Waals surface area contributed by atoms with Gasteiger partial charge in [0.2, 0.25) is 11.0 Å². The third kappa shape index (κ3) is 4.78. The Morgan fingerprint density at radius 2 is 2.10 bits per heavy atom. The van der Waals surface area contributed by atoms with Crippen LogP contribution in [0.2, 0.25) is 0 Å². The van der Waals surface area contributed by atoms with Crippen LogP contribution in [-0.2, 0) is 9.59 Å². The van der Waals surface area contributed by atoms with Crippen molar-refractivity contribution in [3.63, 3.8) is 0 Å². The highest BCUT2D eigenvalue weighted by molar-refractivity contribution is 8.00. The predicted octanol–water partition coefficient (Wildman–Crippen LogP) is 5.46. The minimum atomic E-state index is -0.261. The monoisotopic (exact) mass is 441 g/mol. The molecule has 30 heavy (non-hydrogen) atoms. The minimum absolute atomic E-state index is 0.0326. The Labute approximate surface area is 185 Å². The van der Waals surface area contributed by atoms with Gasteiger partial charge in [0.1, 0.15) is 11.6 Å². The molecule has 5 nitrogen and oxygen atoms in total. The molecule has 0 saturated heterocycles. The second-order valence-corrected chi connectivity index (χ2v) is 11.1. The lowest BCUT2D eigenvalue weighted by atomic mass is 9.86. The number of benzene rings is 1. The van der Waals surface area contributed by atoms with Gasteiger partial charge in [-0.3, -0.25) is 9.59 Å². The molecule has 1 aromatic carbocycles. The number of aryl methyl sites for hydroxylation is 1. The third-order valence-electron chi connectivity index (χ3n) is 6.26. The Hall–Kier alpha value is -1.73. The summed E-state index contributed by atoms with van der Waals surface area (Å²) >= 11 is 3.23. The van der Waals surface area contributed by atoms with Gasteiger partial charge in [-0.05, 0) is 74.5 Å². The molecule has 3 aliphatic carbocycles. The summed E-state index contributed by atoms with van der Waals surface area (Å²) in [6.07, 6.45) is 8.00. The number of Topliss-reactive ketones (excluding diaryl/α,β-unsaturated/α-hetero) is 1. The number of anilines is 1. The Morgan fingerprint density at radius 1 is 1.27 bits per heavy atom. The van der Waals surface area contributed by atoms with Crippen molar-refractivity contribution in [3.8, 4) is 0 Å². The van der Waals surface area contributed by atoms with Crippen LogP contribution in [0.5, 0.6) is 0 Å². The number of carbonyl (C=O) groups is 2. The number of nitrogens with one attached hydrogen (secondary N) is 1. The fraction of sp³-hybridized carbons (Fsp3) is 0.565. The zero-order valence-corrected chi connectivity index (χ0v) is 18.9. The van der Waals surface area contributed by atoms with E-state index in [1.54, 1.807) is 0 Å². The molecule has 1 aromatic heterocycles. The first-order valence-electron chi connectivity index (χ1n) is 11.0. The van der Waals surface area contributed by atoms with Crippen molar-refractivity contribution < 1.29 is 9.59 Å². The van der Waals surface area contributed by atoms with E-state index in [1.165, 1.54) is 47.7 Å². The van der Waals surface area contributed by atoms with Crippen molar-refractivity contribution in [2.45, 2.75) is 80.3 Å². The van der Waals surface area contributed by atoms with E-state index in [2.05, 4.69) is 32.9 Å². The molecule has 0 unspecified atom stereocenters. The maximum absolute atomic E-state index is 13.3. The molecule has 0 spiro atoms. The summed E-state index contributed by atoms with van der Waals surface area (Å²) in [5.74, 6) is 1.64. The lowest BCUT2D eigenvalue weighted by Gasteiger charge is -2.21. The SMILES string of the molecule is Cc1nsc(NC(=O)[C@H](C[C@H]2CCC(=O)C2)c2ccc(SC3CC3)c(C3CC3)c2)n1. The molecule has 3 aliphatic rings. The fourth-order valence-electron chi connectivity index (χ4n) is 4.33. The van der Waals surface area contributed by atoms with Gasteiger partial charge >= 0.3 is 0 Å². The first-order valence-corrected chi connectivity index (χ1v) is 12.6. The zero-order chi connectivity index (χ0) is 20.7. The summed E-state index contributed by atoms with van der Waals surface area (Å²) in [6, 6.07) is 6.67. The normalized spacial score (nSPS) is 22.3. The highest BCUT2D eigenvalue weighted by atomic mass is 32.2. The van der Waals surface area contributed by atoms with Gasteiger partial charge in [0.15, 0.2) is 0 Å². The van der Waals surface area contributed by atoms with Crippen LogP contribution in [0, 0.1) is 12.8 Å². The summed E-state index contributed by atoms with van der Waals surface area (Å²) in [5, 5.41) is 4.31. The molecular formula is C23H27N3O2S2. The number of hydrogen-bond donors (Lipinski definition) is 1. The van der Waals surface area contributed by atoms with Gasteiger partial charge in [-0.25, -0.2) is 4.98 Å². The van der Waals surface area contributed by atoms with E-state index >= 15 is 0 Å². The van der Waals surface area contributed by atoms with Gasteiger partial charge in [0.25, 0.3) is 0 Å². The number of aromatic nitrogens is 2. The molecule has 2 atom stereocenters. The third-order valence-corrected chi connectivity index (χ3v) is 8.41. The number of hydrogen-bond acceptors (Lipinski definition) is 6. The van der Waals surface area contributed by atoms with Crippen LogP contribution < -0.4 is 5.32 Å². The summed E-state index contributed by atoms with van der Waals surface area (Å²) in [6.45, 7) is 1.83. The fourth-order valence-corrected chi connectivity index (χ4v) is 6.15. The Morgan fingerprint density at radius 3 is 2.73 bits per heavy atom. The molecule has 1 heterocycles. The second kappa shape index (κ2) is 8.42. The van der Waals surface area contributed by atoms with Gasteiger partial charge in [0, 0.05) is 34.5 Å². The van der Waals surface area contributed by atoms with E-state index in [0.29, 0.717) is 41.9 Å². The van der Waals surface area contributed by atoms with Crippen LogP contribution in [0.15, 0.2) is 23.1 Å². The molecule has 1 N–H and O–H groups in total. The van der Waals surface area contributed by atoms with Crippen molar-refractivity contribution >= 4 is 40.1 Å². The molecule has 0 radical (unpaired) electrons. The van der Waals surface area contributed by atoms with Crippen LogP contribution >= 0.6 is 23.3 Å². The quantitative estimate of drug-likeness (QED) is 0.589. The molecule has 0 bridgehead atoms. The summed E-state index contributed by atoms with van der Waals surface area (Å²) < 4.78 is 4.17. The van der Waals surface area contributed by atoms with E-state index in [4.69, 9.17) is 0 Å². The van der Waals surface area contributed by atoms with Crippen LogP contribution in [0.1, 0.15) is 80.2 Å². The molecule has 7 heteroatoms. The minimum Gasteiger partial charge on any atom is -0.300 e. The number of nitrogens with zero attached hydrogens (tertiary/aromatic N) is 2. The van der Waals surface area contributed by atoms with Crippen molar-refractivity contribution in [3.05, 3.63) is 35.2 Å². The van der Waals surface area contributed by atoms with E-state index in [-0.39, 0.29) is 17.7 Å². The maximum atomic E-state index is 13.3.